The summed E-state index contributed by atoms with van der Waals surface area (Å²) in [7, 11) is 0. The Hall–Kier alpha value is -1.39. The van der Waals surface area contributed by atoms with Crippen LogP contribution in [0.1, 0.15) is 24.0 Å². The molecule has 0 unspecified atom stereocenters. The highest BCUT2D eigenvalue weighted by molar-refractivity contribution is 5.83. The normalized spacial score (nSPS) is 26.3. The van der Waals surface area contributed by atoms with Crippen molar-refractivity contribution in [3.05, 3.63) is 35.4 Å². The van der Waals surface area contributed by atoms with E-state index in [1.165, 1.54) is 11.1 Å². The van der Waals surface area contributed by atoms with Crippen LogP contribution in [-0.4, -0.2) is 41.1 Å². The summed E-state index contributed by atoms with van der Waals surface area (Å²) in [4.78, 5) is 14.4. The van der Waals surface area contributed by atoms with Gasteiger partial charge >= 0.3 is 0 Å². The quantitative estimate of drug-likeness (QED) is 0.822. The predicted molar refractivity (Wildman–Crippen MR) is 72.6 cm³/mol. The number of hydrogen-bond acceptors (Lipinski definition) is 3. The second kappa shape index (κ2) is 5.31. The summed E-state index contributed by atoms with van der Waals surface area (Å²) < 4.78 is 0. The fraction of sp³-hybridized carbons (Fsp3) is 0.533. The number of rotatable bonds is 2. The van der Waals surface area contributed by atoms with E-state index in [1.54, 1.807) is 0 Å². The number of nitrogens with zero attached hydrogens (tertiary/aromatic N) is 1. The van der Waals surface area contributed by atoms with Gasteiger partial charge in [-0.15, -0.1) is 0 Å². The Morgan fingerprint density at radius 3 is 2.95 bits per heavy atom. The summed E-state index contributed by atoms with van der Waals surface area (Å²) in [6.07, 6.45) is 2.68. The number of amides is 1. The van der Waals surface area contributed by atoms with Crippen LogP contribution in [0.25, 0.3) is 0 Å². The predicted octanol–water partition coefficient (Wildman–Crippen LogP) is 0.684. The summed E-state index contributed by atoms with van der Waals surface area (Å²) >= 11 is 0. The van der Waals surface area contributed by atoms with Crippen LogP contribution in [0, 0.1) is 0 Å². The number of carbonyl (C=O) groups excluding carboxylic acids is 1. The lowest BCUT2D eigenvalue weighted by atomic mass is 9.95. The first-order valence-electron chi connectivity index (χ1n) is 7.01. The molecule has 1 amide bonds. The molecule has 0 saturated carbocycles. The van der Waals surface area contributed by atoms with Gasteiger partial charge in [0.1, 0.15) is 0 Å². The molecule has 2 aliphatic rings. The molecular weight excluding hydrogens is 240 g/mol. The molecular formula is C15H20N2O2. The fourth-order valence-electron chi connectivity index (χ4n) is 3.14. The molecule has 4 nitrogen and oxygen atoms in total. The first-order chi connectivity index (χ1) is 9.29. The lowest BCUT2D eigenvalue weighted by Crippen LogP contribution is -2.51. The van der Waals surface area contributed by atoms with Gasteiger partial charge in [-0.2, -0.15) is 0 Å². The number of aliphatic hydroxyl groups is 1. The Morgan fingerprint density at radius 2 is 2.16 bits per heavy atom. The molecule has 102 valence electrons. The Morgan fingerprint density at radius 1 is 1.37 bits per heavy atom. The highest BCUT2D eigenvalue weighted by Gasteiger charge is 2.34. The van der Waals surface area contributed by atoms with Gasteiger partial charge in [0.15, 0.2) is 0 Å². The summed E-state index contributed by atoms with van der Waals surface area (Å²) in [6, 6.07) is 8.15. The summed E-state index contributed by atoms with van der Waals surface area (Å²) in [5, 5.41) is 12.7. The van der Waals surface area contributed by atoms with Crippen molar-refractivity contribution in [3.63, 3.8) is 0 Å². The Balaban J connectivity index is 1.72. The third-order valence-electron chi connectivity index (χ3n) is 4.25. The first-order valence-corrected chi connectivity index (χ1v) is 7.01. The maximum Gasteiger partial charge on any atom is 0.240 e. The average Bonchev–Trinajstić information content (AvgIpc) is 2.94. The van der Waals surface area contributed by atoms with Crippen LogP contribution < -0.4 is 5.32 Å². The molecule has 0 bridgehead atoms. The molecule has 0 radical (unpaired) electrons. The Kier molecular flexibility index (Phi) is 3.53. The molecule has 2 atom stereocenters. The van der Waals surface area contributed by atoms with Crippen molar-refractivity contribution in [1.29, 1.82) is 0 Å². The van der Waals surface area contributed by atoms with Crippen molar-refractivity contribution in [3.8, 4) is 0 Å². The van der Waals surface area contributed by atoms with E-state index in [9.17, 15) is 9.90 Å². The lowest BCUT2D eigenvalue weighted by Gasteiger charge is -2.31. The van der Waals surface area contributed by atoms with Crippen molar-refractivity contribution in [2.24, 2.45) is 0 Å². The molecule has 0 aliphatic carbocycles. The molecule has 0 aromatic heterocycles. The van der Waals surface area contributed by atoms with Gasteiger partial charge in [0.2, 0.25) is 5.91 Å². The van der Waals surface area contributed by atoms with Gasteiger partial charge in [0.25, 0.3) is 0 Å². The van der Waals surface area contributed by atoms with Crippen LogP contribution in [0.5, 0.6) is 0 Å². The zero-order valence-electron chi connectivity index (χ0n) is 11.0. The molecule has 4 heteroatoms. The zero-order chi connectivity index (χ0) is 13.2. The first kappa shape index (κ1) is 12.6. The van der Waals surface area contributed by atoms with Crippen molar-refractivity contribution in [2.75, 3.05) is 13.2 Å². The van der Waals surface area contributed by atoms with Crippen LogP contribution >= 0.6 is 0 Å². The van der Waals surface area contributed by atoms with Gasteiger partial charge in [0.05, 0.1) is 18.7 Å². The summed E-state index contributed by atoms with van der Waals surface area (Å²) in [5.74, 6) is 0.144. The minimum Gasteiger partial charge on any atom is -0.394 e. The van der Waals surface area contributed by atoms with E-state index in [-0.39, 0.29) is 24.6 Å². The van der Waals surface area contributed by atoms with Gasteiger partial charge in [-0.05, 0) is 30.4 Å². The number of fused-ring (bicyclic) bond motifs is 1. The van der Waals surface area contributed by atoms with Crippen molar-refractivity contribution < 1.29 is 9.90 Å². The summed E-state index contributed by atoms with van der Waals surface area (Å²) in [6.45, 7) is 1.61. The third-order valence-corrected chi connectivity index (χ3v) is 4.25. The van der Waals surface area contributed by atoms with E-state index in [0.717, 1.165) is 32.4 Å². The zero-order valence-corrected chi connectivity index (χ0v) is 11.0. The Labute approximate surface area is 113 Å². The largest absolute Gasteiger partial charge is 0.394 e. The number of carbonyl (C=O) groups is 1. The highest BCUT2D eigenvalue weighted by atomic mass is 16.3. The van der Waals surface area contributed by atoms with Crippen molar-refractivity contribution in [1.82, 2.24) is 10.2 Å². The molecule has 3 rings (SSSR count). The lowest BCUT2D eigenvalue weighted by molar-refractivity contribution is -0.135. The van der Waals surface area contributed by atoms with E-state index >= 15 is 0 Å². The van der Waals surface area contributed by atoms with E-state index < -0.39 is 0 Å². The van der Waals surface area contributed by atoms with Gasteiger partial charge in [-0.1, -0.05) is 24.3 Å². The minimum atomic E-state index is -0.137. The standard InChI is InChI=1S/C15H20N2O2/c18-10-13-6-3-7-17(13)15(19)14-8-11-4-1-2-5-12(11)9-16-14/h1-2,4-5,13-14,16,18H,3,6-10H2/t13-,14+/m0/s1. The van der Waals surface area contributed by atoms with Crippen LogP contribution in [0.3, 0.4) is 0 Å². The molecule has 1 fully saturated rings. The topological polar surface area (TPSA) is 52.6 Å². The van der Waals surface area contributed by atoms with Gasteiger partial charge in [-0.3, -0.25) is 4.79 Å². The highest BCUT2D eigenvalue weighted by Crippen LogP contribution is 2.22. The van der Waals surface area contributed by atoms with E-state index in [0.29, 0.717) is 0 Å². The number of benzene rings is 1. The molecule has 2 N–H and O–H groups in total. The van der Waals surface area contributed by atoms with Crippen molar-refractivity contribution >= 4 is 5.91 Å². The van der Waals surface area contributed by atoms with Crippen LogP contribution in [0.15, 0.2) is 24.3 Å². The fourth-order valence-corrected chi connectivity index (χ4v) is 3.14. The second-order valence-electron chi connectivity index (χ2n) is 5.42. The van der Waals surface area contributed by atoms with Gasteiger partial charge < -0.3 is 15.3 Å². The monoisotopic (exact) mass is 260 g/mol. The summed E-state index contributed by atoms with van der Waals surface area (Å²) in [5.41, 5.74) is 2.55. The molecule has 1 aromatic carbocycles. The average molecular weight is 260 g/mol. The molecule has 2 heterocycles. The maximum atomic E-state index is 12.5. The van der Waals surface area contributed by atoms with E-state index in [4.69, 9.17) is 0 Å². The van der Waals surface area contributed by atoms with Gasteiger partial charge in [-0.25, -0.2) is 0 Å². The SMILES string of the molecule is O=C([C@H]1Cc2ccccc2CN1)N1CCC[C@H]1CO. The van der Waals surface area contributed by atoms with E-state index in [1.807, 2.05) is 17.0 Å². The number of likely N-dealkylation sites (tertiary alicyclic amines) is 1. The van der Waals surface area contributed by atoms with Crippen molar-refractivity contribution in [2.45, 2.75) is 37.9 Å². The molecule has 0 spiro atoms. The maximum absolute atomic E-state index is 12.5. The number of nitrogens with one attached hydrogen (secondary N) is 1. The third kappa shape index (κ3) is 2.38. The molecule has 2 aliphatic heterocycles. The van der Waals surface area contributed by atoms with Crippen LogP contribution in [-0.2, 0) is 17.8 Å². The second-order valence-corrected chi connectivity index (χ2v) is 5.42. The molecule has 1 aromatic rings. The minimum absolute atomic E-state index is 0.0199. The van der Waals surface area contributed by atoms with Gasteiger partial charge in [0, 0.05) is 13.1 Å². The van der Waals surface area contributed by atoms with Crippen LogP contribution in [0.4, 0.5) is 0 Å². The molecule has 1 saturated heterocycles. The smallest absolute Gasteiger partial charge is 0.240 e. The Bertz CT molecular complexity index is 475. The number of hydrogen-bond donors (Lipinski definition) is 2. The number of aliphatic hydroxyl groups excluding tert-OH is 1. The molecule has 19 heavy (non-hydrogen) atoms. The van der Waals surface area contributed by atoms with Crippen LogP contribution in [0.2, 0.25) is 0 Å². The van der Waals surface area contributed by atoms with E-state index in [2.05, 4.69) is 17.4 Å².